The fourth-order valence-electron chi connectivity index (χ4n) is 6.50. The van der Waals surface area contributed by atoms with Crippen molar-refractivity contribution in [3.8, 4) is 0 Å². The van der Waals surface area contributed by atoms with Crippen LogP contribution >= 0.6 is 0 Å². The summed E-state index contributed by atoms with van der Waals surface area (Å²) in [5.74, 6) is -2.72. The zero-order chi connectivity index (χ0) is 33.3. The zero-order valence-electron chi connectivity index (χ0n) is 26.4. The third-order valence-electron chi connectivity index (χ3n) is 8.95. The molecule has 3 aliphatic heterocycles. The van der Waals surface area contributed by atoms with Gasteiger partial charge in [0.15, 0.2) is 0 Å². The molecule has 1 N–H and O–H groups in total. The van der Waals surface area contributed by atoms with Gasteiger partial charge in [-0.3, -0.25) is 14.6 Å². The Morgan fingerprint density at radius 3 is 2.43 bits per heavy atom. The smallest absolute Gasteiger partial charge is 0.381 e. The standard InChI is InChI=1S/C35H37F4N5O3/c1-22-15-24(18-26(36)16-22)17-23-3-4-25-21-40-32(30(25)19-23)41-33(45)29-6-5-28(43-11-9-42(2)10-12-43)20-31(29)44(34(46)35(37,38)39)27-7-13-47-14-8-27/h3-6,15-16,18-20,27H,7-14,17,21H2,1-2H3,(H,40,41,45). The van der Waals surface area contributed by atoms with Crippen LogP contribution in [-0.4, -0.2) is 81.2 Å². The van der Waals surface area contributed by atoms with Gasteiger partial charge in [-0.05, 0) is 91.9 Å². The number of ether oxygens (including phenoxy) is 1. The Balaban J connectivity index is 1.33. The number of likely N-dealkylation sites (N-methyl/N-ethyl adjacent to an activating group) is 1. The number of hydrogen-bond donors (Lipinski definition) is 1. The second-order valence-electron chi connectivity index (χ2n) is 12.4. The van der Waals surface area contributed by atoms with Crippen LogP contribution in [0, 0.1) is 12.7 Å². The van der Waals surface area contributed by atoms with Gasteiger partial charge in [0, 0.05) is 56.7 Å². The molecule has 3 aliphatic rings. The van der Waals surface area contributed by atoms with Crippen molar-refractivity contribution in [2.24, 2.45) is 4.99 Å². The molecule has 3 heterocycles. The lowest BCUT2D eigenvalue weighted by atomic mass is 9.98. The van der Waals surface area contributed by atoms with Crippen molar-refractivity contribution in [1.82, 2.24) is 10.2 Å². The summed E-state index contributed by atoms with van der Waals surface area (Å²) >= 11 is 0. The molecule has 3 aromatic carbocycles. The van der Waals surface area contributed by atoms with E-state index < -0.39 is 24.0 Å². The van der Waals surface area contributed by atoms with E-state index in [-0.39, 0.29) is 49.0 Å². The van der Waals surface area contributed by atoms with Crippen LogP contribution in [0.4, 0.5) is 28.9 Å². The molecular weight excluding hydrogens is 614 g/mol. The van der Waals surface area contributed by atoms with Gasteiger partial charge in [-0.25, -0.2) is 4.39 Å². The van der Waals surface area contributed by atoms with Crippen LogP contribution in [0.15, 0.2) is 59.6 Å². The van der Waals surface area contributed by atoms with Gasteiger partial charge in [-0.1, -0.05) is 18.2 Å². The maximum Gasteiger partial charge on any atom is 0.471 e. The van der Waals surface area contributed by atoms with Gasteiger partial charge < -0.3 is 24.8 Å². The molecule has 2 fully saturated rings. The zero-order valence-corrected chi connectivity index (χ0v) is 26.4. The molecule has 0 aromatic heterocycles. The fraction of sp³-hybridized carbons (Fsp3) is 0.400. The van der Waals surface area contributed by atoms with E-state index in [0.29, 0.717) is 37.3 Å². The predicted molar refractivity (Wildman–Crippen MR) is 172 cm³/mol. The molecule has 0 spiro atoms. The van der Waals surface area contributed by atoms with E-state index in [9.17, 15) is 27.2 Å². The topological polar surface area (TPSA) is 77.5 Å². The molecule has 12 heteroatoms. The summed E-state index contributed by atoms with van der Waals surface area (Å²) < 4.78 is 61.8. The first-order chi connectivity index (χ1) is 22.5. The molecule has 0 aliphatic carbocycles. The van der Waals surface area contributed by atoms with Gasteiger partial charge >= 0.3 is 12.1 Å². The normalized spacial score (nSPS) is 17.3. The van der Waals surface area contributed by atoms with E-state index in [4.69, 9.17) is 4.74 Å². The molecule has 248 valence electrons. The monoisotopic (exact) mass is 651 g/mol. The van der Waals surface area contributed by atoms with E-state index in [1.807, 2.05) is 43.1 Å². The third-order valence-corrected chi connectivity index (χ3v) is 8.95. The number of benzene rings is 3. The maximum atomic E-state index is 14.1. The molecule has 2 amide bonds. The van der Waals surface area contributed by atoms with Gasteiger partial charge in [0.2, 0.25) is 0 Å². The largest absolute Gasteiger partial charge is 0.471 e. The molecule has 0 radical (unpaired) electrons. The predicted octanol–water partition coefficient (Wildman–Crippen LogP) is 5.24. The minimum atomic E-state index is -5.15. The first kappa shape index (κ1) is 32.6. The quantitative estimate of drug-likeness (QED) is 0.369. The van der Waals surface area contributed by atoms with E-state index in [1.54, 1.807) is 6.07 Å². The number of rotatable bonds is 6. The minimum Gasteiger partial charge on any atom is -0.381 e. The lowest BCUT2D eigenvalue weighted by molar-refractivity contribution is -0.171. The number of nitrogens with one attached hydrogen (secondary N) is 1. The SMILES string of the molecule is Cc1cc(F)cc(Cc2ccc3c(c2)C(NC(=O)c2ccc(N4CCN(C)CC4)cc2N(C(=O)C(F)(F)F)C2CCOCC2)=NC3)c1. The first-order valence-corrected chi connectivity index (χ1v) is 15.8. The van der Waals surface area contributed by atoms with Crippen molar-refractivity contribution in [2.45, 2.75) is 44.9 Å². The van der Waals surface area contributed by atoms with Gasteiger partial charge in [0.05, 0.1) is 17.8 Å². The number of nitrogens with zero attached hydrogens (tertiary/aromatic N) is 4. The molecule has 6 rings (SSSR count). The van der Waals surface area contributed by atoms with Gasteiger partial charge in [0.1, 0.15) is 11.7 Å². The van der Waals surface area contributed by atoms with E-state index >= 15 is 0 Å². The highest BCUT2D eigenvalue weighted by Crippen LogP contribution is 2.35. The van der Waals surface area contributed by atoms with Crippen molar-refractivity contribution in [2.75, 3.05) is 56.2 Å². The molecule has 0 atom stereocenters. The highest BCUT2D eigenvalue weighted by molar-refractivity contribution is 6.17. The second kappa shape index (κ2) is 13.4. The number of carbonyl (C=O) groups is 2. The van der Waals surface area contributed by atoms with Crippen molar-refractivity contribution in [1.29, 1.82) is 0 Å². The van der Waals surface area contributed by atoms with Crippen LogP contribution in [0.3, 0.4) is 0 Å². The van der Waals surface area contributed by atoms with Crippen molar-refractivity contribution in [3.63, 3.8) is 0 Å². The van der Waals surface area contributed by atoms with E-state index in [2.05, 4.69) is 15.2 Å². The van der Waals surface area contributed by atoms with Crippen molar-refractivity contribution >= 4 is 29.0 Å². The van der Waals surface area contributed by atoms with Crippen LogP contribution in [0.1, 0.15) is 51.0 Å². The lowest BCUT2D eigenvalue weighted by Crippen LogP contribution is -2.50. The summed E-state index contributed by atoms with van der Waals surface area (Å²) in [5.41, 5.74) is 4.54. The van der Waals surface area contributed by atoms with Gasteiger partial charge in [-0.2, -0.15) is 13.2 Å². The Labute approximate surface area is 271 Å². The number of hydrogen-bond acceptors (Lipinski definition) is 6. The summed E-state index contributed by atoms with van der Waals surface area (Å²) in [5, 5.41) is 2.83. The molecule has 8 nitrogen and oxygen atoms in total. The Morgan fingerprint density at radius 1 is 0.979 bits per heavy atom. The summed E-state index contributed by atoms with van der Waals surface area (Å²) in [6, 6.07) is 14.5. The number of carbonyl (C=O) groups excluding carboxylic acids is 2. The van der Waals surface area contributed by atoms with Gasteiger partial charge in [0.25, 0.3) is 5.91 Å². The van der Waals surface area contributed by atoms with Crippen LogP contribution in [0.2, 0.25) is 0 Å². The Morgan fingerprint density at radius 2 is 1.72 bits per heavy atom. The third kappa shape index (κ3) is 7.33. The number of piperazine rings is 1. The molecule has 47 heavy (non-hydrogen) atoms. The minimum absolute atomic E-state index is 0.0606. The maximum absolute atomic E-state index is 14.1. The Bertz CT molecular complexity index is 1670. The number of aliphatic imine (C=N–C) groups is 1. The number of halogens is 4. The number of alkyl halides is 3. The summed E-state index contributed by atoms with van der Waals surface area (Å²) in [4.78, 5) is 36.5. The fourth-order valence-corrected chi connectivity index (χ4v) is 6.50. The Kier molecular flexibility index (Phi) is 9.34. The number of amides is 2. The van der Waals surface area contributed by atoms with Crippen LogP contribution in [0.25, 0.3) is 0 Å². The average Bonchev–Trinajstić information content (AvgIpc) is 3.42. The summed E-state index contributed by atoms with van der Waals surface area (Å²) in [6.45, 7) is 5.39. The molecule has 0 unspecified atom stereocenters. The number of amidine groups is 1. The number of aryl methyl sites for hydroxylation is 1. The lowest BCUT2D eigenvalue weighted by Gasteiger charge is -2.37. The van der Waals surface area contributed by atoms with Crippen molar-refractivity contribution < 1.29 is 31.9 Å². The van der Waals surface area contributed by atoms with E-state index in [0.717, 1.165) is 40.2 Å². The second-order valence-corrected chi connectivity index (χ2v) is 12.4. The highest BCUT2D eigenvalue weighted by atomic mass is 19.4. The van der Waals surface area contributed by atoms with E-state index in [1.165, 1.54) is 24.3 Å². The summed E-state index contributed by atoms with van der Waals surface area (Å²) in [6.07, 6.45) is -4.28. The summed E-state index contributed by atoms with van der Waals surface area (Å²) in [7, 11) is 2.00. The Hall–Kier alpha value is -4.29. The molecule has 0 saturated carbocycles. The molecule has 0 bridgehead atoms. The highest BCUT2D eigenvalue weighted by Gasteiger charge is 2.46. The van der Waals surface area contributed by atoms with Crippen LogP contribution < -0.4 is 15.1 Å². The van der Waals surface area contributed by atoms with Crippen molar-refractivity contribution in [3.05, 3.63) is 93.8 Å². The van der Waals surface area contributed by atoms with Crippen LogP contribution in [0.5, 0.6) is 0 Å². The first-order valence-electron chi connectivity index (χ1n) is 15.8. The molecule has 2 saturated heterocycles. The molecular formula is C35H37F4N5O3. The molecule has 3 aromatic rings. The van der Waals surface area contributed by atoms with Gasteiger partial charge in [-0.15, -0.1) is 0 Å². The average molecular weight is 652 g/mol. The number of anilines is 2. The van der Waals surface area contributed by atoms with Crippen LogP contribution in [-0.2, 0) is 22.5 Å². The number of fused-ring (bicyclic) bond motifs is 1.